The molecule has 10 amide bonds. The molecule has 1 fully saturated rings. The van der Waals surface area contributed by atoms with Crippen LogP contribution in [0, 0.1) is 11.8 Å². The molecule has 0 radical (unpaired) electrons. The van der Waals surface area contributed by atoms with Crippen molar-refractivity contribution in [1.29, 1.82) is 0 Å². The van der Waals surface area contributed by atoms with Crippen molar-refractivity contribution in [1.82, 2.24) is 47.4 Å². The maximum atomic E-state index is 14.4. The standard InChI is InChI=1S/C54H80N14O15/c1-5-30(4)45(51(80)65-38(26-41(56)70)49(78)66-39(53(82)83)25-31-11-7-6-8-12-31)67-50(79)40-14-10-22-68(40)52(81)36(19-20-44(73)74)64-48(77)37(23-29(2)3)62-43(72)28-60-42(71)27-61-47(76)35(13-9-21-59-54(57)58)63-46(75)34(55)24-32-15-17-33(69)18-16-32/h6-8,11-12,15-18,29-30,34-40,45,69H,5,9-10,13-14,19-28,55H2,1-4H3,(H2,56,70)(H,60,71)(H,61,76)(H,62,72)(H,63,75)(H,64,77)(H,65,80)(H,66,78)(H,67,79)(H,73,74)(H,82,83)(H4,57,58,59)/t30-,34-,35-,36-,37-,38-,39-,40-,45-/m0/s1. The number of likely N-dealkylation sites (tertiary alicyclic amines) is 1. The van der Waals surface area contributed by atoms with Crippen LogP contribution in [0.3, 0.4) is 0 Å². The molecule has 0 bridgehead atoms. The van der Waals surface area contributed by atoms with Gasteiger partial charge in [0, 0.05) is 25.9 Å². The first-order chi connectivity index (χ1) is 39.2. The maximum Gasteiger partial charge on any atom is 0.326 e. The molecule has 1 heterocycles. The molecule has 1 saturated heterocycles. The Hall–Kier alpha value is -8.89. The van der Waals surface area contributed by atoms with E-state index >= 15 is 0 Å². The van der Waals surface area contributed by atoms with Crippen molar-refractivity contribution >= 4 is 77.0 Å². The fourth-order valence-corrected chi connectivity index (χ4v) is 8.76. The number of carboxylic acids is 2. The number of nitrogens with two attached hydrogens (primary N) is 4. The number of aromatic hydroxyl groups is 1. The number of aliphatic imine (C=N–C) groups is 1. The smallest absolute Gasteiger partial charge is 0.326 e. The predicted octanol–water partition coefficient (Wildman–Crippen LogP) is -3.39. The molecule has 83 heavy (non-hydrogen) atoms. The van der Waals surface area contributed by atoms with E-state index in [1.54, 1.807) is 70.2 Å². The summed E-state index contributed by atoms with van der Waals surface area (Å²) in [6.07, 6.45) is -0.939. The van der Waals surface area contributed by atoms with Gasteiger partial charge >= 0.3 is 11.9 Å². The molecule has 0 unspecified atom stereocenters. The van der Waals surface area contributed by atoms with Crippen LogP contribution >= 0.6 is 0 Å². The van der Waals surface area contributed by atoms with Crippen LogP contribution < -0.4 is 65.5 Å². The number of phenols is 1. The molecule has 1 aliphatic heterocycles. The van der Waals surface area contributed by atoms with E-state index in [-0.39, 0.29) is 75.7 Å². The third-order valence-corrected chi connectivity index (χ3v) is 13.4. The normalized spacial score (nSPS) is 15.7. The van der Waals surface area contributed by atoms with Crippen LogP contribution in [0.2, 0.25) is 0 Å². The first-order valence-electron chi connectivity index (χ1n) is 27.2. The monoisotopic (exact) mass is 1160 g/mol. The Balaban J connectivity index is 1.70. The van der Waals surface area contributed by atoms with Crippen molar-refractivity contribution in [3.63, 3.8) is 0 Å². The van der Waals surface area contributed by atoms with Crippen LogP contribution in [0.5, 0.6) is 5.75 Å². The maximum absolute atomic E-state index is 14.4. The number of benzene rings is 2. The Bertz CT molecular complexity index is 2620. The number of hydrogen-bond acceptors (Lipinski definition) is 15. The SMILES string of the molecule is CC[C@H](C)[C@H](NC(=O)[C@@H]1CCCN1C(=O)[C@H](CCC(=O)O)NC(=O)[C@H](CC(C)C)NC(=O)CNC(=O)CNC(=O)[C@H](CCCN=C(N)N)NC(=O)[C@@H](N)Cc1ccc(O)cc1)C(=O)N[C@@H](CC(N)=O)C(=O)N[C@@H](Cc1ccccc1)C(=O)O. The number of primary amides is 1. The zero-order valence-corrected chi connectivity index (χ0v) is 47.0. The lowest BCUT2D eigenvalue weighted by atomic mass is 9.97. The van der Waals surface area contributed by atoms with Crippen LogP contribution in [0.25, 0.3) is 0 Å². The molecule has 1 aliphatic rings. The van der Waals surface area contributed by atoms with E-state index in [1.165, 1.54) is 12.1 Å². The quantitative estimate of drug-likeness (QED) is 0.0182. The second-order valence-corrected chi connectivity index (χ2v) is 20.6. The molecule has 2 aromatic rings. The molecule has 0 aromatic heterocycles. The predicted molar refractivity (Wildman–Crippen MR) is 299 cm³/mol. The average Bonchev–Trinajstić information content (AvgIpc) is 4.12. The number of aliphatic carboxylic acids is 2. The minimum absolute atomic E-state index is 0.0000956. The zero-order valence-electron chi connectivity index (χ0n) is 47.0. The summed E-state index contributed by atoms with van der Waals surface area (Å²) < 4.78 is 0. The van der Waals surface area contributed by atoms with Gasteiger partial charge in [-0.25, -0.2) is 4.79 Å². The second-order valence-electron chi connectivity index (χ2n) is 20.6. The van der Waals surface area contributed by atoms with Gasteiger partial charge in [0.1, 0.15) is 48.0 Å². The van der Waals surface area contributed by atoms with Crippen LogP contribution in [0.1, 0.15) is 96.6 Å². The number of amides is 10. The van der Waals surface area contributed by atoms with Crippen LogP contribution in [0.4, 0.5) is 0 Å². The van der Waals surface area contributed by atoms with Gasteiger partial charge in [0.15, 0.2) is 5.96 Å². The number of nitrogens with zero attached hydrogens (tertiary/aromatic N) is 2. The van der Waals surface area contributed by atoms with E-state index in [0.29, 0.717) is 17.5 Å². The summed E-state index contributed by atoms with van der Waals surface area (Å²) in [6, 6.07) is 3.47. The number of phenolic OH excluding ortho intramolecular Hbond substituents is 1. The van der Waals surface area contributed by atoms with Crippen LogP contribution in [0.15, 0.2) is 59.6 Å². The lowest BCUT2D eigenvalue weighted by Crippen LogP contribution is -2.60. The van der Waals surface area contributed by atoms with Crippen molar-refractivity contribution in [2.24, 2.45) is 39.8 Å². The van der Waals surface area contributed by atoms with E-state index in [2.05, 4.69) is 47.5 Å². The number of hydrogen-bond donors (Lipinski definition) is 15. The molecule has 29 heteroatoms. The molecular weight excluding hydrogens is 1080 g/mol. The Kier molecular flexibility index (Phi) is 28.3. The van der Waals surface area contributed by atoms with Gasteiger partial charge in [-0.15, -0.1) is 0 Å². The summed E-state index contributed by atoms with van der Waals surface area (Å²) >= 11 is 0. The fourth-order valence-electron chi connectivity index (χ4n) is 8.76. The number of carboxylic acid groups (broad SMARTS) is 2. The summed E-state index contributed by atoms with van der Waals surface area (Å²) in [5, 5.41) is 48.8. The molecule has 0 aliphatic carbocycles. The van der Waals surface area contributed by atoms with E-state index < -0.39 is 158 Å². The topological polar surface area (TPSA) is 481 Å². The highest BCUT2D eigenvalue weighted by Gasteiger charge is 2.41. The van der Waals surface area contributed by atoms with Gasteiger partial charge in [-0.1, -0.05) is 76.6 Å². The second kappa shape index (κ2) is 34.4. The number of guanidine groups is 1. The van der Waals surface area contributed by atoms with Crippen molar-refractivity contribution in [3.05, 3.63) is 65.7 Å². The van der Waals surface area contributed by atoms with Gasteiger partial charge in [-0.3, -0.25) is 57.7 Å². The van der Waals surface area contributed by atoms with Gasteiger partial charge in [0.2, 0.25) is 59.1 Å². The highest BCUT2D eigenvalue weighted by molar-refractivity contribution is 5.99. The Labute approximate surface area is 480 Å². The molecule has 456 valence electrons. The van der Waals surface area contributed by atoms with Crippen molar-refractivity contribution in [3.8, 4) is 5.75 Å². The molecule has 0 spiro atoms. The van der Waals surface area contributed by atoms with Gasteiger partial charge in [-0.05, 0) is 80.0 Å². The minimum atomic E-state index is -1.66. The number of carbonyl (C=O) groups excluding carboxylic acids is 10. The molecule has 19 N–H and O–H groups in total. The molecule has 0 saturated carbocycles. The third kappa shape index (κ3) is 24.4. The first-order valence-corrected chi connectivity index (χ1v) is 27.2. The Morgan fingerprint density at radius 1 is 0.663 bits per heavy atom. The highest BCUT2D eigenvalue weighted by atomic mass is 16.4. The van der Waals surface area contributed by atoms with Crippen molar-refractivity contribution in [2.45, 2.75) is 147 Å². The summed E-state index contributed by atoms with van der Waals surface area (Å²) in [5.41, 5.74) is 23.5. The molecule has 3 rings (SSSR count). The highest BCUT2D eigenvalue weighted by Crippen LogP contribution is 2.22. The van der Waals surface area contributed by atoms with E-state index in [9.17, 15) is 72.9 Å². The fraction of sp³-hybridized carbons (Fsp3) is 0.537. The van der Waals surface area contributed by atoms with Crippen molar-refractivity contribution in [2.75, 3.05) is 26.2 Å². The van der Waals surface area contributed by atoms with E-state index in [1.807, 2.05) is 0 Å². The molecule has 29 nitrogen and oxygen atoms in total. The van der Waals surface area contributed by atoms with Gasteiger partial charge < -0.3 is 85.7 Å². The van der Waals surface area contributed by atoms with E-state index in [0.717, 1.165) is 4.90 Å². The number of rotatable bonds is 35. The van der Waals surface area contributed by atoms with Crippen molar-refractivity contribution < 1.29 is 72.9 Å². The van der Waals surface area contributed by atoms with Crippen LogP contribution in [-0.2, 0) is 70.4 Å². The van der Waals surface area contributed by atoms with E-state index in [4.69, 9.17) is 22.9 Å². The van der Waals surface area contributed by atoms with Gasteiger partial charge in [-0.2, -0.15) is 0 Å². The Morgan fingerprint density at radius 3 is 1.87 bits per heavy atom. The number of nitrogens with one attached hydrogen (secondary N) is 8. The van der Waals surface area contributed by atoms with Crippen LogP contribution in [-0.4, -0.2) is 172 Å². The summed E-state index contributed by atoms with van der Waals surface area (Å²) in [6.45, 7) is 5.54. The largest absolute Gasteiger partial charge is 0.508 e. The minimum Gasteiger partial charge on any atom is -0.508 e. The summed E-state index contributed by atoms with van der Waals surface area (Å²) in [7, 11) is 0. The molecule has 9 atom stereocenters. The first kappa shape index (κ1) is 68.4. The van der Waals surface area contributed by atoms with Gasteiger partial charge in [0.25, 0.3) is 0 Å². The lowest BCUT2D eigenvalue weighted by Gasteiger charge is -2.32. The third-order valence-electron chi connectivity index (χ3n) is 13.4. The summed E-state index contributed by atoms with van der Waals surface area (Å²) in [4.78, 5) is 164. The Morgan fingerprint density at radius 2 is 1.27 bits per heavy atom. The summed E-state index contributed by atoms with van der Waals surface area (Å²) in [5.74, 6) is -12.4. The zero-order chi connectivity index (χ0) is 61.9. The molecule has 2 aromatic carbocycles. The molecular formula is C54H80N14O15. The number of carbonyl (C=O) groups is 12. The lowest BCUT2D eigenvalue weighted by molar-refractivity contribution is -0.144. The average molecular weight is 1170 g/mol. The van der Waals surface area contributed by atoms with Gasteiger partial charge in [0.05, 0.1) is 25.6 Å².